The van der Waals surface area contributed by atoms with Crippen molar-refractivity contribution < 1.29 is 4.79 Å². The van der Waals surface area contributed by atoms with Gasteiger partial charge in [-0.25, -0.2) is 4.98 Å². The van der Waals surface area contributed by atoms with Gasteiger partial charge in [-0.05, 0) is 42.5 Å². The van der Waals surface area contributed by atoms with Crippen molar-refractivity contribution >= 4 is 45.8 Å². The van der Waals surface area contributed by atoms with Crippen molar-refractivity contribution in [2.45, 2.75) is 20.4 Å². The first-order chi connectivity index (χ1) is 14.1. The van der Waals surface area contributed by atoms with Gasteiger partial charge in [-0.15, -0.1) is 0 Å². The minimum absolute atomic E-state index is 0.0899. The molecule has 0 fully saturated rings. The quantitative estimate of drug-likeness (QED) is 0.430. The number of nitrogens with zero attached hydrogens (tertiary/aromatic N) is 3. The molecule has 2 aromatic carbocycles. The molecule has 0 aliphatic carbocycles. The van der Waals surface area contributed by atoms with E-state index in [0.29, 0.717) is 27.3 Å². The molecule has 0 saturated heterocycles. The zero-order valence-electron chi connectivity index (χ0n) is 16.1. The Balaban J connectivity index is 0.00000117. The van der Waals surface area contributed by atoms with Crippen LogP contribution in [0, 0.1) is 0 Å². The zero-order valence-corrected chi connectivity index (χ0v) is 17.6. The lowest BCUT2D eigenvalue weighted by atomic mass is 10.3. The van der Waals surface area contributed by atoms with Gasteiger partial charge >= 0.3 is 0 Å². The van der Waals surface area contributed by atoms with E-state index in [0.717, 1.165) is 11.0 Å². The minimum Gasteiger partial charge on any atom is -0.324 e. The van der Waals surface area contributed by atoms with Gasteiger partial charge in [0.2, 0.25) is 5.91 Å². The van der Waals surface area contributed by atoms with E-state index in [9.17, 15) is 4.79 Å². The predicted octanol–water partition coefficient (Wildman–Crippen LogP) is 6.07. The Hall–Kier alpha value is -2.89. The molecule has 4 rings (SSSR count). The average Bonchev–Trinajstić information content (AvgIpc) is 3.11. The third-order valence-electron chi connectivity index (χ3n) is 4.05. The van der Waals surface area contributed by atoms with Gasteiger partial charge in [0.1, 0.15) is 12.2 Å². The third-order valence-corrected chi connectivity index (χ3v) is 4.79. The van der Waals surface area contributed by atoms with Crippen LogP contribution in [0.25, 0.3) is 22.6 Å². The van der Waals surface area contributed by atoms with Crippen LogP contribution >= 0.6 is 23.2 Å². The molecule has 2 aromatic heterocycles. The van der Waals surface area contributed by atoms with E-state index in [4.69, 9.17) is 23.2 Å². The number of imidazole rings is 1. The standard InChI is InChI=1S/C20H14Cl2N4O.C2H6/c21-14-9-8-13(11-15(14)22)24-19(27)12-26-18-7-2-1-5-16(18)25-20(26)17-6-3-4-10-23-17;1-2/h1-11H,12H2,(H,24,27);1-2H3. The molecule has 0 radical (unpaired) electrons. The fourth-order valence-corrected chi connectivity index (χ4v) is 3.14. The summed E-state index contributed by atoms with van der Waals surface area (Å²) in [6.45, 7) is 4.09. The second-order valence-corrected chi connectivity index (χ2v) is 6.72. The van der Waals surface area contributed by atoms with Gasteiger partial charge in [-0.2, -0.15) is 0 Å². The molecule has 0 atom stereocenters. The van der Waals surface area contributed by atoms with Crippen LogP contribution in [0.4, 0.5) is 5.69 Å². The number of benzene rings is 2. The molecule has 5 nitrogen and oxygen atoms in total. The number of para-hydroxylation sites is 2. The Kier molecular flexibility index (Phi) is 6.86. The van der Waals surface area contributed by atoms with Gasteiger partial charge < -0.3 is 9.88 Å². The Morgan fingerprint density at radius 3 is 2.48 bits per heavy atom. The Bertz CT molecular complexity index is 1130. The molecule has 0 spiro atoms. The highest BCUT2D eigenvalue weighted by atomic mass is 35.5. The summed E-state index contributed by atoms with van der Waals surface area (Å²) in [5, 5.41) is 3.66. The number of rotatable bonds is 4. The van der Waals surface area contributed by atoms with Gasteiger partial charge in [0.15, 0.2) is 5.82 Å². The molecular weight excluding hydrogens is 407 g/mol. The average molecular weight is 427 g/mol. The molecule has 0 aliphatic rings. The highest BCUT2D eigenvalue weighted by Gasteiger charge is 2.16. The summed E-state index contributed by atoms with van der Waals surface area (Å²) in [7, 11) is 0. The van der Waals surface area contributed by atoms with Gasteiger partial charge in [-0.1, -0.05) is 55.2 Å². The summed E-state index contributed by atoms with van der Waals surface area (Å²) in [5.41, 5.74) is 2.96. The number of pyridine rings is 1. The van der Waals surface area contributed by atoms with Crippen LogP contribution in [0.3, 0.4) is 0 Å². The second kappa shape index (κ2) is 9.54. The van der Waals surface area contributed by atoms with E-state index in [1.54, 1.807) is 24.4 Å². The smallest absolute Gasteiger partial charge is 0.244 e. The van der Waals surface area contributed by atoms with Crippen LogP contribution in [0.1, 0.15) is 13.8 Å². The fraction of sp³-hybridized carbons (Fsp3) is 0.136. The molecule has 1 N–H and O–H groups in total. The Morgan fingerprint density at radius 1 is 1.00 bits per heavy atom. The van der Waals surface area contributed by atoms with Crippen molar-refractivity contribution in [2.24, 2.45) is 0 Å². The van der Waals surface area contributed by atoms with Crippen LogP contribution in [-0.2, 0) is 11.3 Å². The summed E-state index contributed by atoms with van der Waals surface area (Å²) in [4.78, 5) is 21.7. The van der Waals surface area contributed by atoms with Crippen molar-refractivity contribution in [1.29, 1.82) is 0 Å². The molecule has 1 amide bonds. The molecule has 0 aliphatic heterocycles. The number of fused-ring (bicyclic) bond motifs is 1. The van der Waals surface area contributed by atoms with Crippen molar-refractivity contribution in [3.05, 3.63) is 76.9 Å². The molecule has 148 valence electrons. The molecular formula is C22H20Cl2N4O. The SMILES string of the molecule is CC.O=C(Cn1c(-c2ccccn2)nc2ccccc21)Nc1ccc(Cl)c(Cl)c1. The van der Waals surface area contributed by atoms with E-state index in [1.165, 1.54) is 0 Å². The summed E-state index contributed by atoms with van der Waals surface area (Å²) in [6, 6.07) is 18.2. The second-order valence-electron chi connectivity index (χ2n) is 5.90. The molecule has 7 heteroatoms. The maximum Gasteiger partial charge on any atom is 0.244 e. The molecule has 0 bridgehead atoms. The number of halogens is 2. The summed E-state index contributed by atoms with van der Waals surface area (Å²) < 4.78 is 1.85. The van der Waals surface area contributed by atoms with E-state index >= 15 is 0 Å². The summed E-state index contributed by atoms with van der Waals surface area (Å²) >= 11 is 11.9. The van der Waals surface area contributed by atoms with E-state index < -0.39 is 0 Å². The zero-order chi connectivity index (χ0) is 20.8. The highest BCUT2D eigenvalue weighted by molar-refractivity contribution is 6.42. The lowest BCUT2D eigenvalue weighted by Crippen LogP contribution is -2.19. The van der Waals surface area contributed by atoms with Crippen LogP contribution in [0.2, 0.25) is 10.0 Å². The van der Waals surface area contributed by atoms with Crippen LogP contribution in [-0.4, -0.2) is 20.4 Å². The van der Waals surface area contributed by atoms with Crippen LogP contribution in [0.15, 0.2) is 66.9 Å². The summed E-state index contributed by atoms with van der Waals surface area (Å²) in [6.07, 6.45) is 1.70. The van der Waals surface area contributed by atoms with E-state index in [1.807, 2.05) is 60.9 Å². The van der Waals surface area contributed by atoms with E-state index in [2.05, 4.69) is 15.3 Å². The molecule has 4 aromatic rings. The number of carbonyl (C=O) groups is 1. The largest absolute Gasteiger partial charge is 0.324 e. The van der Waals surface area contributed by atoms with Gasteiger partial charge in [0.05, 0.1) is 21.1 Å². The van der Waals surface area contributed by atoms with Crippen molar-refractivity contribution in [3.8, 4) is 11.5 Å². The molecule has 0 saturated carbocycles. The van der Waals surface area contributed by atoms with Crippen LogP contribution < -0.4 is 5.32 Å². The van der Waals surface area contributed by atoms with Gasteiger partial charge in [0.25, 0.3) is 0 Å². The maximum atomic E-state index is 12.6. The van der Waals surface area contributed by atoms with Gasteiger partial charge in [-0.3, -0.25) is 9.78 Å². The van der Waals surface area contributed by atoms with Crippen molar-refractivity contribution in [1.82, 2.24) is 14.5 Å². The van der Waals surface area contributed by atoms with Crippen molar-refractivity contribution in [3.63, 3.8) is 0 Å². The minimum atomic E-state index is -0.200. The van der Waals surface area contributed by atoms with Crippen LogP contribution in [0.5, 0.6) is 0 Å². The first-order valence-electron chi connectivity index (χ1n) is 9.23. The Labute approximate surface area is 179 Å². The van der Waals surface area contributed by atoms with E-state index in [-0.39, 0.29) is 12.5 Å². The molecule has 2 heterocycles. The lowest BCUT2D eigenvalue weighted by Gasteiger charge is -2.10. The normalized spacial score (nSPS) is 10.3. The molecule has 29 heavy (non-hydrogen) atoms. The third kappa shape index (κ3) is 4.75. The summed E-state index contributed by atoms with van der Waals surface area (Å²) in [5.74, 6) is 0.440. The highest BCUT2D eigenvalue weighted by Crippen LogP contribution is 2.26. The first kappa shape index (κ1) is 20.8. The number of anilines is 1. The number of hydrogen-bond acceptors (Lipinski definition) is 3. The number of nitrogens with one attached hydrogen (secondary N) is 1. The predicted molar refractivity (Wildman–Crippen MR) is 119 cm³/mol. The van der Waals surface area contributed by atoms with Crippen molar-refractivity contribution in [2.75, 3.05) is 5.32 Å². The molecule has 0 unspecified atom stereocenters. The Morgan fingerprint density at radius 2 is 1.76 bits per heavy atom. The number of hydrogen-bond donors (Lipinski definition) is 1. The topological polar surface area (TPSA) is 59.8 Å². The maximum absolute atomic E-state index is 12.6. The van der Waals surface area contributed by atoms with Gasteiger partial charge in [0, 0.05) is 11.9 Å². The number of carbonyl (C=O) groups excluding carboxylic acids is 1. The first-order valence-corrected chi connectivity index (χ1v) is 9.99. The number of amides is 1. The fourth-order valence-electron chi connectivity index (χ4n) is 2.84. The number of aromatic nitrogens is 3. The lowest BCUT2D eigenvalue weighted by molar-refractivity contribution is -0.116. The monoisotopic (exact) mass is 426 g/mol.